The van der Waals surface area contributed by atoms with Crippen molar-refractivity contribution in [2.24, 2.45) is 0 Å². The van der Waals surface area contributed by atoms with Gasteiger partial charge in [-0.15, -0.1) is 0 Å². The van der Waals surface area contributed by atoms with E-state index in [9.17, 15) is 4.79 Å². The van der Waals surface area contributed by atoms with Crippen LogP contribution in [0.1, 0.15) is 22.8 Å². The Morgan fingerprint density at radius 2 is 1.78 bits per heavy atom. The number of hydrogen-bond donors (Lipinski definition) is 1. The zero-order valence-electron chi connectivity index (χ0n) is 15.2. The lowest BCUT2D eigenvalue weighted by atomic mass is 10.0. The molecule has 0 saturated carbocycles. The molecule has 0 atom stereocenters. The first kappa shape index (κ1) is 17.0. The fourth-order valence-corrected chi connectivity index (χ4v) is 3.08. The summed E-state index contributed by atoms with van der Waals surface area (Å²) in [6.45, 7) is 4.13. The van der Waals surface area contributed by atoms with Crippen LogP contribution in [0.2, 0.25) is 0 Å². The molecule has 1 N–H and O–H groups in total. The van der Waals surface area contributed by atoms with Crippen LogP contribution < -0.4 is 0 Å². The molecule has 2 aromatic carbocycles. The number of aromatic amines is 1. The number of hydrogen-bond acceptors (Lipinski definition) is 4. The number of benzene rings is 2. The summed E-state index contributed by atoms with van der Waals surface area (Å²) in [7, 11) is 0. The number of aryl methyl sites for hydroxylation is 1. The molecule has 0 aliphatic heterocycles. The van der Waals surface area contributed by atoms with E-state index >= 15 is 0 Å². The molecule has 0 radical (unpaired) electrons. The van der Waals surface area contributed by atoms with Crippen LogP contribution in [0.5, 0.6) is 0 Å². The molecule has 0 spiro atoms. The zero-order valence-corrected chi connectivity index (χ0v) is 15.2. The highest BCUT2D eigenvalue weighted by molar-refractivity contribution is 6.08. The molecule has 4 rings (SSSR count). The van der Waals surface area contributed by atoms with Crippen LogP contribution in [-0.4, -0.2) is 27.8 Å². The van der Waals surface area contributed by atoms with Crippen molar-refractivity contribution in [3.05, 3.63) is 71.8 Å². The van der Waals surface area contributed by atoms with E-state index in [4.69, 9.17) is 4.74 Å². The highest BCUT2D eigenvalue weighted by Crippen LogP contribution is 2.31. The van der Waals surface area contributed by atoms with Crippen molar-refractivity contribution in [1.82, 2.24) is 15.2 Å². The maximum atomic E-state index is 12.7. The van der Waals surface area contributed by atoms with E-state index in [0.29, 0.717) is 28.9 Å². The van der Waals surface area contributed by atoms with Crippen LogP contribution in [0.3, 0.4) is 0 Å². The average Bonchev–Trinajstić information content (AvgIpc) is 3.13. The van der Waals surface area contributed by atoms with Gasteiger partial charge in [-0.1, -0.05) is 60.2 Å². The van der Waals surface area contributed by atoms with Crippen molar-refractivity contribution >= 4 is 17.0 Å². The largest absolute Gasteiger partial charge is 0.462 e. The average molecular weight is 357 g/mol. The smallest absolute Gasteiger partial charge is 0.339 e. The second-order valence-electron chi connectivity index (χ2n) is 6.30. The van der Waals surface area contributed by atoms with Gasteiger partial charge in [-0.3, -0.25) is 5.10 Å². The van der Waals surface area contributed by atoms with Crippen molar-refractivity contribution in [3.63, 3.8) is 0 Å². The molecule has 5 heteroatoms. The number of H-pyrrole nitrogens is 1. The second-order valence-corrected chi connectivity index (χ2v) is 6.30. The Hall–Kier alpha value is -3.47. The molecule has 0 unspecified atom stereocenters. The Bertz CT molecular complexity index is 1100. The van der Waals surface area contributed by atoms with Gasteiger partial charge in [-0.2, -0.15) is 5.10 Å². The molecule has 5 nitrogen and oxygen atoms in total. The van der Waals surface area contributed by atoms with Gasteiger partial charge in [0.25, 0.3) is 0 Å². The van der Waals surface area contributed by atoms with Gasteiger partial charge in [0, 0.05) is 11.1 Å². The molecular weight excluding hydrogens is 338 g/mol. The third kappa shape index (κ3) is 3.19. The topological polar surface area (TPSA) is 67.9 Å². The minimum absolute atomic E-state index is 0.307. The molecule has 0 aliphatic rings. The molecule has 0 bridgehead atoms. The first-order chi connectivity index (χ1) is 13.2. The number of carbonyl (C=O) groups excluding carboxylic acids is 1. The lowest BCUT2D eigenvalue weighted by Crippen LogP contribution is -2.06. The Morgan fingerprint density at radius 3 is 2.48 bits per heavy atom. The highest BCUT2D eigenvalue weighted by Gasteiger charge is 2.21. The molecule has 2 heterocycles. The van der Waals surface area contributed by atoms with Crippen LogP contribution in [-0.2, 0) is 4.74 Å². The van der Waals surface area contributed by atoms with Crippen molar-refractivity contribution in [3.8, 4) is 22.5 Å². The summed E-state index contributed by atoms with van der Waals surface area (Å²) in [6.07, 6.45) is 0. The normalized spacial score (nSPS) is 10.9. The van der Waals surface area contributed by atoms with Gasteiger partial charge in [0.15, 0.2) is 5.65 Å². The predicted octanol–water partition coefficient (Wildman–Crippen LogP) is 4.78. The number of carbonyl (C=O) groups is 1. The molecule has 0 aliphatic carbocycles. The number of esters is 1. The number of fused-ring (bicyclic) bond motifs is 1. The Labute approximate surface area is 157 Å². The van der Waals surface area contributed by atoms with E-state index < -0.39 is 0 Å². The minimum atomic E-state index is -0.378. The van der Waals surface area contributed by atoms with E-state index in [1.165, 1.54) is 0 Å². The third-order valence-electron chi connectivity index (χ3n) is 4.43. The summed E-state index contributed by atoms with van der Waals surface area (Å²) in [5, 5.41) is 8.07. The molecule has 134 valence electrons. The first-order valence-corrected chi connectivity index (χ1v) is 8.86. The number of ether oxygens (including phenoxy) is 1. The van der Waals surface area contributed by atoms with Crippen molar-refractivity contribution < 1.29 is 9.53 Å². The zero-order chi connectivity index (χ0) is 18.8. The molecule has 0 saturated heterocycles. The van der Waals surface area contributed by atoms with E-state index in [1.54, 1.807) is 13.0 Å². The van der Waals surface area contributed by atoms with E-state index in [-0.39, 0.29) is 5.97 Å². The highest BCUT2D eigenvalue weighted by atomic mass is 16.5. The molecule has 0 amide bonds. The molecule has 2 aromatic heterocycles. The van der Waals surface area contributed by atoms with Crippen LogP contribution in [0.25, 0.3) is 33.5 Å². The molecule has 27 heavy (non-hydrogen) atoms. The van der Waals surface area contributed by atoms with Crippen LogP contribution in [0.4, 0.5) is 0 Å². The Morgan fingerprint density at radius 1 is 1.04 bits per heavy atom. The summed E-state index contributed by atoms with van der Waals surface area (Å²) >= 11 is 0. The molecule has 4 aromatic rings. The van der Waals surface area contributed by atoms with Crippen LogP contribution in [0, 0.1) is 6.92 Å². The standard InChI is InChI=1S/C22H19N3O2/c1-3-27-22(26)17-13-18(15-11-9-14(2)10-12-15)23-21-19(17)20(24-25-21)16-7-5-4-6-8-16/h4-13H,3H2,1-2H3,(H,23,24,25). The fourth-order valence-electron chi connectivity index (χ4n) is 3.08. The number of rotatable bonds is 4. The lowest BCUT2D eigenvalue weighted by Gasteiger charge is -2.08. The van der Waals surface area contributed by atoms with Crippen LogP contribution >= 0.6 is 0 Å². The fraction of sp³-hybridized carbons (Fsp3) is 0.136. The summed E-state index contributed by atoms with van der Waals surface area (Å²) in [6, 6.07) is 19.6. The second kappa shape index (κ2) is 7.03. The molecular formula is C22H19N3O2. The summed E-state index contributed by atoms with van der Waals surface area (Å²) < 4.78 is 5.30. The van der Waals surface area contributed by atoms with Crippen molar-refractivity contribution in [2.75, 3.05) is 6.61 Å². The van der Waals surface area contributed by atoms with Gasteiger partial charge in [0.1, 0.15) is 0 Å². The van der Waals surface area contributed by atoms with Gasteiger partial charge >= 0.3 is 5.97 Å². The monoisotopic (exact) mass is 357 g/mol. The number of aromatic nitrogens is 3. The molecule has 0 fully saturated rings. The number of nitrogens with one attached hydrogen (secondary N) is 1. The van der Waals surface area contributed by atoms with Crippen molar-refractivity contribution in [1.29, 1.82) is 0 Å². The summed E-state index contributed by atoms with van der Waals surface area (Å²) in [4.78, 5) is 17.4. The minimum Gasteiger partial charge on any atom is -0.462 e. The Balaban J connectivity index is 1.95. The lowest BCUT2D eigenvalue weighted by molar-refractivity contribution is 0.0528. The quantitative estimate of drug-likeness (QED) is 0.534. The number of nitrogens with zero attached hydrogens (tertiary/aromatic N) is 2. The van der Waals surface area contributed by atoms with Gasteiger partial charge in [-0.05, 0) is 19.9 Å². The first-order valence-electron chi connectivity index (χ1n) is 8.86. The van der Waals surface area contributed by atoms with E-state index in [0.717, 1.165) is 22.4 Å². The van der Waals surface area contributed by atoms with Gasteiger partial charge < -0.3 is 4.74 Å². The van der Waals surface area contributed by atoms with Crippen molar-refractivity contribution in [2.45, 2.75) is 13.8 Å². The van der Waals surface area contributed by atoms with E-state index in [2.05, 4.69) is 15.2 Å². The SMILES string of the molecule is CCOC(=O)c1cc(-c2ccc(C)cc2)nc2n[nH]c(-c3ccccc3)c12. The van der Waals surface area contributed by atoms with Crippen LogP contribution in [0.15, 0.2) is 60.7 Å². The number of pyridine rings is 1. The van der Waals surface area contributed by atoms with Gasteiger partial charge in [0.2, 0.25) is 0 Å². The van der Waals surface area contributed by atoms with Gasteiger partial charge in [0.05, 0.1) is 28.9 Å². The summed E-state index contributed by atoms with van der Waals surface area (Å²) in [5.41, 5.74) is 5.44. The Kier molecular flexibility index (Phi) is 4.42. The van der Waals surface area contributed by atoms with E-state index in [1.807, 2.05) is 61.5 Å². The maximum Gasteiger partial charge on any atom is 0.339 e. The maximum absolute atomic E-state index is 12.7. The van der Waals surface area contributed by atoms with Gasteiger partial charge in [-0.25, -0.2) is 9.78 Å². The predicted molar refractivity (Wildman–Crippen MR) is 105 cm³/mol. The third-order valence-corrected chi connectivity index (χ3v) is 4.43. The summed E-state index contributed by atoms with van der Waals surface area (Å²) in [5.74, 6) is -0.378.